The van der Waals surface area contributed by atoms with Gasteiger partial charge in [-0.2, -0.15) is 0 Å². The Balaban J connectivity index is 2.03. The molecule has 3 rings (SSSR count). The lowest BCUT2D eigenvalue weighted by Gasteiger charge is -2.21. The van der Waals surface area contributed by atoms with Crippen molar-refractivity contribution in [3.8, 4) is 0 Å². The lowest BCUT2D eigenvalue weighted by atomic mass is 9.90. The smallest absolute Gasteiger partial charge is 0.0644 e. The van der Waals surface area contributed by atoms with Gasteiger partial charge < -0.3 is 4.74 Å². The molecule has 3 atom stereocenters. The topological polar surface area (TPSA) is 9.23 Å². The highest BCUT2D eigenvalue weighted by atomic mass is 35.5. The van der Waals surface area contributed by atoms with Crippen molar-refractivity contribution in [1.82, 2.24) is 0 Å². The molecule has 2 aromatic rings. The first-order valence-electron chi connectivity index (χ1n) is 6.50. The van der Waals surface area contributed by atoms with Crippen LogP contribution in [0.2, 0.25) is 0 Å². The van der Waals surface area contributed by atoms with Gasteiger partial charge >= 0.3 is 0 Å². The van der Waals surface area contributed by atoms with Crippen LogP contribution in [0.25, 0.3) is 10.8 Å². The van der Waals surface area contributed by atoms with Gasteiger partial charge in [0.25, 0.3) is 0 Å². The van der Waals surface area contributed by atoms with Crippen LogP contribution in [0.1, 0.15) is 24.3 Å². The number of alkyl halides is 1. The SMILES string of the molecule is CC1OCCC1C(Cl)c1cccc2ccccc12. The monoisotopic (exact) mass is 260 g/mol. The molecule has 94 valence electrons. The van der Waals surface area contributed by atoms with Gasteiger partial charge in [0.15, 0.2) is 0 Å². The van der Waals surface area contributed by atoms with Crippen molar-refractivity contribution >= 4 is 22.4 Å². The molecule has 2 aromatic carbocycles. The molecule has 1 saturated heterocycles. The van der Waals surface area contributed by atoms with E-state index in [0.717, 1.165) is 13.0 Å². The van der Waals surface area contributed by atoms with E-state index >= 15 is 0 Å². The summed E-state index contributed by atoms with van der Waals surface area (Å²) in [7, 11) is 0. The van der Waals surface area contributed by atoms with Crippen molar-refractivity contribution in [3.05, 3.63) is 48.0 Å². The minimum absolute atomic E-state index is 0.0357. The summed E-state index contributed by atoms with van der Waals surface area (Å²) in [5.74, 6) is 0.414. The van der Waals surface area contributed by atoms with E-state index in [1.807, 2.05) is 0 Å². The standard InChI is InChI=1S/C16H17ClO/c1-11-13(9-10-18-11)16(17)15-8-4-6-12-5-2-3-7-14(12)15/h2-8,11,13,16H,9-10H2,1H3. The highest BCUT2D eigenvalue weighted by Crippen LogP contribution is 2.40. The van der Waals surface area contributed by atoms with Gasteiger partial charge in [0.2, 0.25) is 0 Å². The third-order valence-electron chi connectivity index (χ3n) is 3.93. The number of hydrogen-bond acceptors (Lipinski definition) is 1. The van der Waals surface area contributed by atoms with Crippen molar-refractivity contribution in [2.24, 2.45) is 5.92 Å². The van der Waals surface area contributed by atoms with E-state index in [2.05, 4.69) is 49.4 Å². The summed E-state index contributed by atoms with van der Waals surface area (Å²) in [6.07, 6.45) is 1.31. The summed E-state index contributed by atoms with van der Waals surface area (Å²) in [5.41, 5.74) is 1.23. The fourth-order valence-electron chi connectivity index (χ4n) is 2.85. The van der Waals surface area contributed by atoms with Crippen LogP contribution < -0.4 is 0 Å². The summed E-state index contributed by atoms with van der Waals surface area (Å²) in [4.78, 5) is 0. The summed E-state index contributed by atoms with van der Waals surface area (Å²) in [6, 6.07) is 14.8. The zero-order chi connectivity index (χ0) is 12.5. The van der Waals surface area contributed by atoms with Crippen molar-refractivity contribution in [1.29, 1.82) is 0 Å². The molecule has 18 heavy (non-hydrogen) atoms. The maximum atomic E-state index is 6.71. The Labute approximate surface area is 113 Å². The van der Waals surface area contributed by atoms with E-state index in [0.29, 0.717) is 5.92 Å². The number of hydrogen-bond donors (Lipinski definition) is 0. The Hall–Kier alpha value is -1.05. The highest BCUT2D eigenvalue weighted by Gasteiger charge is 2.32. The maximum Gasteiger partial charge on any atom is 0.0644 e. The van der Waals surface area contributed by atoms with E-state index in [-0.39, 0.29) is 11.5 Å². The quantitative estimate of drug-likeness (QED) is 0.720. The molecule has 0 aliphatic carbocycles. The summed E-state index contributed by atoms with van der Waals surface area (Å²) in [6.45, 7) is 2.96. The number of ether oxygens (including phenoxy) is 1. The molecule has 1 heterocycles. The number of benzene rings is 2. The predicted molar refractivity (Wildman–Crippen MR) is 76.1 cm³/mol. The van der Waals surface area contributed by atoms with Crippen molar-refractivity contribution in [2.75, 3.05) is 6.61 Å². The average Bonchev–Trinajstić information content (AvgIpc) is 2.83. The Morgan fingerprint density at radius 2 is 1.94 bits per heavy atom. The van der Waals surface area contributed by atoms with E-state index in [1.54, 1.807) is 0 Å². The van der Waals surface area contributed by atoms with Gasteiger partial charge in [-0.1, -0.05) is 42.5 Å². The second kappa shape index (κ2) is 4.91. The van der Waals surface area contributed by atoms with Crippen LogP contribution in [0, 0.1) is 5.92 Å². The lowest BCUT2D eigenvalue weighted by Crippen LogP contribution is -2.16. The minimum atomic E-state index is 0.0357. The highest BCUT2D eigenvalue weighted by molar-refractivity contribution is 6.22. The van der Waals surface area contributed by atoms with Crippen LogP contribution >= 0.6 is 11.6 Å². The van der Waals surface area contributed by atoms with Gasteiger partial charge in [0.05, 0.1) is 11.5 Å². The summed E-state index contributed by atoms with van der Waals surface area (Å²) in [5, 5.41) is 2.56. The molecule has 1 fully saturated rings. The molecule has 0 radical (unpaired) electrons. The van der Waals surface area contributed by atoms with Gasteiger partial charge in [-0.25, -0.2) is 0 Å². The van der Waals surface area contributed by atoms with E-state index in [4.69, 9.17) is 16.3 Å². The van der Waals surface area contributed by atoms with Gasteiger partial charge in [-0.05, 0) is 29.7 Å². The van der Waals surface area contributed by atoms with Gasteiger partial charge in [0, 0.05) is 12.5 Å². The molecule has 1 nitrogen and oxygen atoms in total. The van der Waals surface area contributed by atoms with Gasteiger partial charge in [0.1, 0.15) is 0 Å². The lowest BCUT2D eigenvalue weighted by molar-refractivity contribution is 0.105. The number of fused-ring (bicyclic) bond motifs is 1. The third-order valence-corrected chi connectivity index (χ3v) is 4.49. The Morgan fingerprint density at radius 1 is 1.17 bits per heavy atom. The molecule has 0 amide bonds. The Kier molecular flexibility index (Phi) is 3.27. The minimum Gasteiger partial charge on any atom is -0.378 e. The number of halogens is 1. The molecule has 0 spiro atoms. The zero-order valence-corrected chi connectivity index (χ0v) is 11.2. The molecular weight excluding hydrogens is 244 g/mol. The van der Waals surface area contributed by atoms with Crippen molar-refractivity contribution < 1.29 is 4.74 Å². The van der Waals surface area contributed by atoms with Crippen LogP contribution in [0.15, 0.2) is 42.5 Å². The molecule has 2 heteroatoms. The van der Waals surface area contributed by atoms with Crippen molar-refractivity contribution in [3.63, 3.8) is 0 Å². The van der Waals surface area contributed by atoms with Gasteiger partial charge in [-0.3, -0.25) is 0 Å². The van der Waals surface area contributed by atoms with Crippen LogP contribution in [0.3, 0.4) is 0 Å². The average molecular weight is 261 g/mol. The molecule has 0 aromatic heterocycles. The Bertz CT molecular complexity index is 546. The molecular formula is C16H17ClO. The molecule has 0 N–H and O–H groups in total. The van der Waals surface area contributed by atoms with Crippen LogP contribution in [-0.4, -0.2) is 12.7 Å². The third kappa shape index (κ3) is 2.02. The fraction of sp³-hybridized carbons (Fsp3) is 0.375. The molecule has 1 aliphatic rings. The first-order chi connectivity index (χ1) is 8.77. The summed E-state index contributed by atoms with van der Waals surface area (Å²) < 4.78 is 5.64. The predicted octanol–water partition coefficient (Wildman–Crippen LogP) is 4.54. The van der Waals surface area contributed by atoms with Crippen LogP contribution in [0.5, 0.6) is 0 Å². The van der Waals surface area contributed by atoms with Crippen LogP contribution in [0.4, 0.5) is 0 Å². The molecule has 0 bridgehead atoms. The summed E-state index contributed by atoms with van der Waals surface area (Å²) >= 11 is 6.71. The van der Waals surface area contributed by atoms with E-state index in [9.17, 15) is 0 Å². The normalized spacial score (nSPS) is 25.4. The van der Waals surface area contributed by atoms with E-state index in [1.165, 1.54) is 16.3 Å². The molecule has 1 aliphatic heterocycles. The second-order valence-corrected chi connectivity index (χ2v) is 5.47. The Morgan fingerprint density at radius 3 is 2.72 bits per heavy atom. The molecule has 0 saturated carbocycles. The molecule has 3 unspecified atom stereocenters. The number of rotatable bonds is 2. The first kappa shape index (κ1) is 12.0. The largest absolute Gasteiger partial charge is 0.378 e. The van der Waals surface area contributed by atoms with Crippen molar-refractivity contribution in [2.45, 2.75) is 24.8 Å². The zero-order valence-electron chi connectivity index (χ0n) is 10.5. The maximum absolute atomic E-state index is 6.71. The van der Waals surface area contributed by atoms with E-state index < -0.39 is 0 Å². The first-order valence-corrected chi connectivity index (χ1v) is 6.94. The van der Waals surface area contributed by atoms with Crippen LogP contribution in [-0.2, 0) is 4.74 Å². The fourth-order valence-corrected chi connectivity index (χ4v) is 3.38. The second-order valence-electron chi connectivity index (χ2n) is 5.00. The van der Waals surface area contributed by atoms with Gasteiger partial charge in [-0.15, -0.1) is 11.6 Å².